The van der Waals surface area contributed by atoms with Gasteiger partial charge in [-0.2, -0.15) is 4.72 Å². The minimum Gasteiger partial charge on any atom is -0.478 e. The molecule has 2 heterocycles. The van der Waals surface area contributed by atoms with Crippen molar-refractivity contribution >= 4 is 60.2 Å². The van der Waals surface area contributed by atoms with E-state index in [-0.39, 0.29) is 22.6 Å². The van der Waals surface area contributed by atoms with E-state index in [0.29, 0.717) is 51.1 Å². The molecule has 2 N–H and O–H groups in total. The average Bonchev–Trinajstić information content (AvgIpc) is 3.48. The molecule has 0 amide bonds. The molecule has 1 aliphatic heterocycles. The lowest BCUT2D eigenvalue weighted by atomic mass is 9.63. The Morgan fingerprint density at radius 3 is 2.40 bits per heavy atom. The highest BCUT2D eigenvalue weighted by Crippen LogP contribution is 2.69. The van der Waals surface area contributed by atoms with E-state index in [1.54, 1.807) is 18.2 Å². The maximum atomic E-state index is 15.0. The lowest BCUT2D eigenvalue weighted by Gasteiger charge is -2.69. The molecular weight excluding hydrogens is 678 g/mol. The van der Waals surface area contributed by atoms with Crippen LogP contribution in [0.4, 0.5) is 5.69 Å². The summed E-state index contributed by atoms with van der Waals surface area (Å²) in [7, 11) is -8.85. The summed E-state index contributed by atoms with van der Waals surface area (Å²) in [5.74, 6) is -0.926. The van der Waals surface area contributed by atoms with E-state index in [4.69, 9.17) is 16.6 Å². The highest BCUT2D eigenvalue weighted by molar-refractivity contribution is 7.96. The first-order chi connectivity index (χ1) is 22.4. The first-order valence-electron chi connectivity index (χ1n) is 15.4. The maximum Gasteiger partial charge on any atom is 0.337 e. The standard InChI is InChI=1S/C34H32ClN3O6S3/c1-3-4-19-33(37-46(41,42)24-17-15-23(35)16-18-24)34(47(43,44)38(33)29-14-6-5-11-25(29)32(39)40)26-12-8-13-27(34)30(26)21(2)31-36-28(20-45-31)22-9-7-10-22/h5-6,8,11-18,20,22,37H,2-4,7,9-10,19H2,1H3,(H,39,40). The third-order valence-corrected chi connectivity index (χ3v) is 14.9. The zero-order valence-corrected chi connectivity index (χ0v) is 28.6. The predicted molar refractivity (Wildman–Crippen MR) is 183 cm³/mol. The number of halogens is 1. The first-order valence-corrected chi connectivity index (χ1v) is 19.5. The number of unbranched alkanes of at least 4 members (excludes halogenated alkanes) is 1. The number of para-hydroxylation sites is 1. The Kier molecular flexibility index (Phi) is 7.68. The number of carboxylic acid groups (broad SMARTS) is 1. The van der Waals surface area contributed by atoms with E-state index in [0.717, 1.165) is 22.8 Å². The fourth-order valence-electron chi connectivity index (χ4n) is 7.29. The van der Waals surface area contributed by atoms with Gasteiger partial charge in [-0.15, -0.1) is 11.3 Å². The Morgan fingerprint density at radius 2 is 1.79 bits per heavy atom. The monoisotopic (exact) mass is 709 g/mol. The molecule has 2 fully saturated rings. The van der Waals surface area contributed by atoms with Crippen LogP contribution in [0.5, 0.6) is 0 Å². The van der Waals surface area contributed by atoms with Crippen LogP contribution in [0.25, 0.3) is 5.57 Å². The largest absolute Gasteiger partial charge is 0.478 e. The molecule has 0 radical (unpaired) electrons. The van der Waals surface area contributed by atoms with Gasteiger partial charge in [0, 0.05) is 21.9 Å². The molecule has 13 heteroatoms. The second kappa shape index (κ2) is 11.3. The van der Waals surface area contributed by atoms with Crippen molar-refractivity contribution in [2.45, 2.75) is 66.7 Å². The molecule has 3 aromatic carbocycles. The van der Waals surface area contributed by atoms with Gasteiger partial charge in [-0.1, -0.05) is 68.3 Å². The predicted octanol–water partition coefficient (Wildman–Crippen LogP) is 7.10. The van der Waals surface area contributed by atoms with Crippen molar-refractivity contribution in [3.63, 3.8) is 0 Å². The molecule has 1 spiro atoms. The fraction of sp³-hybridized carbons (Fsp3) is 0.294. The highest BCUT2D eigenvalue weighted by Gasteiger charge is 2.82. The number of aromatic nitrogens is 1. The van der Waals surface area contributed by atoms with Crippen LogP contribution in [0.3, 0.4) is 0 Å². The van der Waals surface area contributed by atoms with E-state index in [9.17, 15) is 26.7 Å². The summed E-state index contributed by atoms with van der Waals surface area (Å²) >= 11 is 7.52. The SMILES string of the molecule is C=C(c1nc(C2CCC2)cs1)c1c2cccc1C21C(CCCC)(NS(=O)(=O)c2ccc(Cl)cc2)N(c2ccccc2C(=O)O)S1(=O)=O. The van der Waals surface area contributed by atoms with Crippen molar-refractivity contribution < 1.29 is 26.7 Å². The number of anilines is 1. The van der Waals surface area contributed by atoms with Crippen molar-refractivity contribution in [3.8, 4) is 0 Å². The molecule has 1 unspecified atom stereocenters. The Bertz CT molecular complexity index is 2140. The molecule has 7 rings (SSSR count). The van der Waals surface area contributed by atoms with Crippen molar-refractivity contribution in [2.75, 3.05) is 4.31 Å². The smallest absolute Gasteiger partial charge is 0.337 e. The Balaban J connectivity index is 1.44. The zero-order chi connectivity index (χ0) is 33.4. The van der Waals surface area contributed by atoms with E-state index in [1.165, 1.54) is 66.3 Å². The van der Waals surface area contributed by atoms with E-state index >= 15 is 0 Å². The summed E-state index contributed by atoms with van der Waals surface area (Å²) in [6, 6.07) is 16.5. The van der Waals surface area contributed by atoms with Crippen molar-refractivity contribution in [2.24, 2.45) is 0 Å². The summed E-state index contributed by atoms with van der Waals surface area (Å²) < 4.78 is 60.4. The molecule has 2 bridgehead atoms. The Morgan fingerprint density at radius 1 is 1.11 bits per heavy atom. The van der Waals surface area contributed by atoms with Crippen LogP contribution in [-0.2, 0) is 24.8 Å². The van der Waals surface area contributed by atoms with Gasteiger partial charge in [0.25, 0.3) is 10.0 Å². The number of carbonyl (C=O) groups is 1. The molecule has 2 aliphatic carbocycles. The lowest BCUT2D eigenvalue weighted by molar-refractivity contribution is 0.0697. The number of rotatable bonds is 11. The quantitative estimate of drug-likeness (QED) is 0.170. The minimum absolute atomic E-state index is 0.0566. The lowest BCUT2D eigenvalue weighted by Crippen LogP contribution is -2.88. The summed E-state index contributed by atoms with van der Waals surface area (Å²) in [5.41, 5.74) is 0.773. The van der Waals surface area contributed by atoms with E-state index < -0.39 is 36.4 Å². The van der Waals surface area contributed by atoms with Gasteiger partial charge in [-0.05, 0) is 78.8 Å². The summed E-state index contributed by atoms with van der Waals surface area (Å²) in [6.45, 7) is 6.27. The number of fused-ring (bicyclic) bond motifs is 4. The molecule has 1 aromatic heterocycles. The van der Waals surface area contributed by atoms with Gasteiger partial charge in [-0.25, -0.2) is 30.9 Å². The normalized spacial score (nSPS) is 20.7. The van der Waals surface area contributed by atoms with Crippen molar-refractivity contribution in [1.82, 2.24) is 9.71 Å². The summed E-state index contributed by atoms with van der Waals surface area (Å²) in [6.07, 6.45) is 4.44. The molecule has 9 nitrogen and oxygen atoms in total. The fourth-order valence-corrected chi connectivity index (χ4v) is 12.6. The third kappa shape index (κ3) is 4.41. The molecule has 3 aliphatic rings. The number of hydrogen-bond acceptors (Lipinski definition) is 7. The highest BCUT2D eigenvalue weighted by atomic mass is 35.5. The van der Waals surface area contributed by atoms with Gasteiger partial charge in [0.15, 0.2) is 4.75 Å². The third-order valence-electron chi connectivity index (χ3n) is 9.66. The number of hydrogen-bond donors (Lipinski definition) is 2. The van der Waals surface area contributed by atoms with Crippen LogP contribution in [0.2, 0.25) is 5.02 Å². The van der Waals surface area contributed by atoms with E-state index in [1.807, 2.05) is 12.3 Å². The number of carboxylic acids is 1. The molecule has 47 heavy (non-hydrogen) atoms. The van der Waals surface area contributed by atoms with E-state index in [2.05, 4.69) is 11.3 Å². The molecule has 1 atom stereocenters. The first kappa shape index (κ1) is 32.0. The maximum absolute atomic E-state index is 15.0. The summed E-state index contributed by atoms with van der Waals surface area (Å²) in [5, 5.41) is 13.2. The molecule has 244 valence electrons. The van der Waals surface area contributed by atoms with Crippen molar-refractivity contribution in [3.05, 3.63) is 117 Å². The van der Waals surface area contributed by atoms with Crippen LogP contribution < -0.4 is 9.03 Å². The molecule has 1 saturated carbocycles. The van der Waals surface area contributed by atoms with Crippen LogP contribution >= 0.6 is 22.9 Å². The van der Waals surface area contributed by atoms with Gasteiger partial charge < -0.3 is 5.11 Å². The van der Waals surface area contributed by atoms with Crippen LogP contribution in [-0.4, -0.2) is 38.6 Å². The molecular formula is C34H32ClN3O6S3. The molecule has 1 saturated heterocycles. The van der Waals surface area contributed by atoms with Gasteiger partial charge in [0.1, 0.15) is 10.7 Å². The van der Waals surface area contributed by atoms with Crippen LogP contribution in [0.15, 0.2) is 83.6 Å². The van der Waals surface area contributed by atoms with Crippen molar-refractivity contribution in [1.29, 1.82) is 0 Å². The topological polar surface area (TPSA) is 134 Å². The number of aromatic carboxylic acids is 1. The number of benzene rings is 3. The zero-order valence-electron chi connectivity index (χ0n) is 25.4. The van der Waals surface area contributed by atoms with Gasteiger partial charge in [-0.3, -0.25) is 0 Å². The Hall–Kier alpha value is -3.55. The van der Waals surface area contributed by atoms with Gasteiger partial charge in [0.2, 0.25) is 10.0 Å². The molecule has 4 aromatic rings. The van der Waals surface area contributed by atoms with Gasteiger partial charge in [0.05, 0.1) is 21.8 Å². The average molecular weight is 710 g/mol. The Labute approximate surface area is 283 Å². The van der Waals surface area contributed by atoms with Gasteiger partial charge >= 0.3 is 5.97 Å². The summed E-state index contributed by atoms with van der Waals surface area (Å²) in [4.78, 5) is 17.2. The van der Waals surface area contributed by atoms with Crippen LogP contribution in [0, 0.1) is 0 Å². The number of sulfonamides is 2. The second-order valence-corrected chi connectivity index (χ2v) is 17.1. The number of nitrogens with zero attached hydrogens (tertiary/aromatic N) is 2. The van der Waals surface area contributed by atoms with Crippen LogP contribution in [0.1, 0.15) is 89.1 Å². The minimum atomic E-state index is -4.46. The number of thiazole rings is 1. The second-order valence-electron chi connectivity index (χ2n) is 12.2. The number of nitrogens with one attached hydrogen (secondary N) is 1.